The van der Waals surface area contributed by atoms with Crippen molar-refractivity contribution in [1.29, 1.82) is 15.8 Å². The molecule has 0 amide bonds. The van der Waals surface area contributed by atoms with Crippen LogP contribution in [-0.4, -0.2) is 23.4 Å². The molecule has 0 fully saturated rings. The van der Waals surface area contributed by atoms with Crippen molar-refractivity contribution in [3.05, 3.63) is 128 Å². The van der Waals surface area contributed by atoms with Crippen molar-refractivity contribution in [2.45, 2.75) is 121 Å². The Morgan fingerprint density at radius 1 is 0.897 bits per heavy atom. The molecule has 0 radical (unpaired) electrons. The fraction of sp³-hybridized carbons (Fsp3) is 0.471. The van der Waals surface area contributed by atoms with Crippen LogP contribution in [0.4, 0.5) is 5.69 Å². The standard InChI is InChI=1S/C51H55N7/c1-32-11-9-16-40(43(32)31-54)39-15-6-5-14-38(39)37-13-4-3-12-36(37)35-27-48(57-45-21-19-33(29-52)25-41(45)42-26-34(30-53)20-22-46(42)57)56-49(28-35)58-47-18-8-7-17-44(47)51(2)23-10-24-55-50(51)58/h5-8,10,15,17-19,21,23,27,32-34,38,48-50,55-56H,3-4,9,11-14,16,20,22,24-26,28H2,1-2H3. The lowest BCUT2D eigenvalue weighted by molar-refractivity contribution is 0.297. The third-order valence-electron chi connectivity index (χ3n) is 15.1. The largest absolute Gasteiger partial charge is 0.339 e. The molecular weight excluding hydrogens is 711 g/mol. The number of nitrogens with zero attached hydrogens (tertiary/aromatic N) is 5. The van der Waals surface area contributed by atoms with Gasteiger partial charge in [-0.05, 0) is 147 Å². The number of anilines is 1. The van der Waals surface area contributed by atoms with E-state index in [1.54, 1.807) is 11.1 Å². The van der Waals surface area contributed by atoms with E-state index < -0.39 is 0 Å². The van der Waals surface area contributed by atoms with Gasteiger partial charge in [0.1, 0.15) is 6.17 Å². The number of hydrogen-bond acceptors (Lipinski definition) is 6. The van der Waals surface area contributed by atoms with Gasteiger partial charge >= 0.3 is 0 Å². The average molecular weight is 766 g/mol. The highest BCUT2D eigenvalue weighted by molar-refractivity contribution is 5.68. The Morgan fingerprint density at radius 2 is 1.76 bits per heavy atom. The van der Waals surface area contributed by atoms with Crippen molar-refractivity contribution in [2.75, 3.05) is 11.4 Å². The monoisotopic (exact) mass is 765 g/mol. The molecule has 3 aliphatic heterocycles. The van der Waals surface area contributed by atoms with Crippen LogP contribution in [0.2, 0.25) is 0 Å². The lowest BCUT2D eigenvalue weighted by Gasteiger charge is -2.46. The van der Waals surface area contributed by atoms with Crippen LogP contribution in [0.25, 0.3) is 6.08 Å². The zero-order chi connectivity index (χ0) is 39.5. The highest BCUT2D eigenvalue weighted by Crippen LogP contribution is 2.51. The summed E-state index contributed by atoms with van der Waals surface area (Å²) in [7, 11) is 0. The zero-order valence-corrected chi connectivity index (χ0v) is 34.1. The van der Waals surface area contributed by atoms with Gasteiger partial charge in [-0.1, -0.05) is 67.2 Å². The topological polar surface area (TPSA) is 104 Å². The molecule has 10 rings (SSSR count). The molecule has 294 valence electrons. The molecule has 2 N–H and O–H groups in total. The predicted octanol–water partition coefficient (Wildman–Crippen LogP) is 9.85. The molecule has 7 heteroatoms. The third-order valence-corrected chi connectivity index (χ3v) is 15.1. The minimum atomic E-state index is -0.160. The number of aromatic nitrogens is 1. The highest BCUT2D eigenvalue weighted by Gasteiger charge is 2.50. The van der Waals surface area contributed by atoms with Crippen LogP contribution < -0.4 is 15.5 Å². The summed E-state index contributed by atoms with van der Waals surface area (Å²) < 4.78 is 2.58. The van der Waals surface area contributed by atoms with E-state index in [4.69, 9.17) is 0 Å². The van der Waals surface area contributed by atoms with Crippen molar-refractivity contribution in [3.8, 4) is 18.2 Å². The van der Waals surface area contributed by atoms with Gasteiger partial charge in [-0.2, -0.15) is 15.8 Å². The average Bonchev–Trinajstić information content (AvgIpc) is 3.74. The summed E-state index contributed by atoms with van der Waals surface area (Å²) in [6.45, 7) is 5.47. The highest BCUT2D eigenvalue weighted by atomic mass is 15.4. The van der Waals surface area contributed by atoms with E-state index in [9.17, 15) is 15.8 Å². The Kier molecular flexibility index (Phi) is 9.56. The van der Waals surface area contributed by atoms with Crippen molar-refractivity contribution in [3.63, 3.8) is 0 Å². The van der Waals surface area contributed by atoms with Crippen LogP contribution in [0.1, 0.15) is 112 Å². The number of allylic oxidation sites excluding steroid dienone is 9. The fourth-order valence-corrected chi connectivity index (χ4v) is 12.3. The maximum Gasteiger partial charge on any atom is 0.105 e. The SMILES string of the molecule is CC1CCCC(C2=CC=CCC2C2=C(C3=CC(n4c5c(c6c4CCC(C#N)C6)CC(C#N)C=C5)NC(N4c5ccccc5C5(C)C=CCNC45)C3)CCCC2)=C1C#N. The molecule has 8 atom stereocenters. The van der Waals surface area contributed by atoms with Gasteiger partial charge in [0, 0.05) is 46.9 Å². The summed E-state index contributed by atoms with van der Waals surface area (Å²) in [5, 5.41) is 38.8. The van der Waals surface area contributed by atoms with Crippen LogP contribution in [0.15, 0.2) is 100 Å². The van der Waals surface area contributed by atoms with Crippen LogP contribution in [0, 0.1) is 57.7 Å². The molecule has 0 bridgehead atoms. The first-order valence-corrected chi connectivity index (χ1v) is 22.1. The van der Waals surface area contributed by atoms with E-state index in [1.807, 2.05) is 0 Å². The maximum absolute atomic E-state index is 10.4. The molecule has 5 aliphatic carbocycles. The van der Waals surface area contributed by atoms with Gasteiger partial charge in [0.2, 0.25) is 0 Å². The normalized spacial score (nSPS) is 32.6. The summed E-state index contributed by atoms with van der Waals surface area (Å²) in [5.74, 6) is 0.458. The van der Waals surface area contributed by atoms with Gasteiger partial charge in [-0.15, -0.1) is 0 Å². The van der Waals surface area contributed by atoms with E-state index in [0.717, 1.165) is 76.3 Å². The molecule has 1 aromatic carbocycles. The van der Waals surface area contributed by atoms with Gasteiger partial charge in [0.05, 0.1) is 42.4 Å². The van der Waals surface area contributed by atoms with Gasteiger partial charge in [0.15, 0.2) is 0 Å². The Labute approximate surface area is 344 Å². The first kappa shape index (κ1) is 37.2. The van der Waals surface area contributed by atoms with Crippen molar-refractivity contribution >= 4 is 11.8 Å². The van der Waals surface area contributed by atoms with E-state index >= 15 is 0 Å². The summed E-state index contributed by atoms with van der Waals surface area (Å²) in [4.78, 5) is 2.67. The van der Waals surface area contributed by atoms with E-state index in [-0.39, 0.29) is 35.7 Å². The number of nitriles is 3. The number of rotatable bonds is 5. The van der Waals surface area contributed by atoms with Crippen molar-refractivity contribution in [2.24, 2.45) is 23.7 Å². The predicted molar refractivity (Wildman–Crippen MR) is 230 cm³/mol. The summed E-state index contributed by atoms with van der Waals surface area (Å²) in [6, 6.07) is 16.8. The van der Waals surface area contributed by atoms with E-state index in [0.29, 0.717) is 18.3 Å². The molecule has 8 aliphatic rings. The van der Waals surface area contributed by atoms with Crippen LogP contribution in [0.5, 0.6) is 0 Å². The zero-order valence-electron chi connectivity index (χ0n) is 34.1. The number of hydrogen-bond donors (Lipinski definition) is 2. The molecule has 4 heterocycles. The minimum Gasteiger partial charge on any atom is -0.339 e. The maximum atomic E-state index is 10.4. The first-order chi connectivity index (χ1) is 28.4. The van der Waals surface area contributed by atoms with E-state index in [2.05, 4.69) is 125 Å². The molecule has 2 aromatic rings. The Balaban J connectivity index is 1.14. The number of fused-ring (bicyclic) bond motifs is 6. The number of para-hydroxylation sites is 1. The molecule has 0 saturated heterocycles. The molecule has 7 nitrogen and oxygen atoms in total. The van der Waals surface area contributed by atoms with Crippen LogP contribution in [-0.2, 0) is 24.7 Å². The van der Waals surface area contributed by atoms with Gasteiger partial charge < -0.3 is 9.47 Å². The van der Waals surface area contributed by atoms with Gasteiger partial charge in [-0.3, -0.25) is 10.6 Å². The number of benzene rings is 1. The van der Waals surface area contributed by atoms with Gasteiger partial charge in [-0.25, -0.2) is 0 Å². The van der Waals surface area contributed by atoms with Crippen LogP contribution >= 0.6 is 0 Å². The molecule has 1 aromatic heterocycles. The summed E-state index contributed by atoms with van der Waals surface area (Å²) >= 11 is 0. The Morgan fingerprint density at radius 3 is 2.62 bits per heavy atom. The smallest absolute Gasteiger partial charge is 0.105 e. The molecule has 8 unspecified atom stereocenters. The third kappa shape index (κ3) is 5.95. The molecule has 0 spiro atoms. The van der Waals surface area contributed by atoms with Gasteiger partial charge in [0.25, 0.3) is 0 Å². The van der Waals surface area contributed by atoms with E-state index in [1.165, 1.54) is 63.3 Å². The Hall–Kier alpha value is -5.13. The lowest BCUT2D eigenvalue weighted by atomic mass is 9.70. The van der Waals surface area contributed by atoms with Crippen molar-refractivity contribution in [1.82, 2.24) is 15.2 Å². The second-order valence-corrected chi connectivity index (χ2v) is 18.3. The summed E-state index contributed by atoms with van der Waals surface area (Å²) in [5.41, 5.74) is 15.9. The lowest BCUT2D eigenvalue weighted by Crippen LogP contribution is -2.61. The first-order valence-electron chi connectivity index (χ1n) is 22.1. The molecule has 0 saturated carbocycles. The molecule has 58 heavy (non-hydrogen) atoms. The molecular formula is C51H55N7. The Bertz CT molecular complexity index is 2390. The number of nitrogens with one attached hydrogen (secondary N) is 2. The minimum absolute atomic E-state index is 0.00632. The fourth-order valence-electron chi connectivity index (χ4n) is 12.3. The quantitative estimate of drug-likeness (QED) is 0.294. The van der Waals surface area contributed by atoms with Crippen LogP contribution in [0.3, 0.4) is 0 Å². The summed E-state index contributed by atoms with van der Waals surface area (Å²) in [6.07, 6.45) is 31.4. The second kappa shape index (κ2) is 14.9. The van der Waals surface area contributed by atoms with Crippen molar-refractivity contribution < 1.29 is 0 Å². The second-order valence-electron chi connectivity index (χ2n) is 18.3.